The fourth-order valence-electron chi connectivity index (χ4n) is 3.38. The van der Waals surface area contributed by atoms with Gasteiger partial charge >= 0.3 is 0 Å². The minimum atomic E-state index is 0.311. The second-order valence-corrected chi connectivity index (χ2v) is 6.62. The molecule has 0 amide bonds. The van der Waals surface area contributed by atoms with Crippen molar-refractivity contribution >= 4 is 23.5 Å². The van der Waals surface area contributed by atoms with Crippen LogP contribution in [0.25, 0.3) is 0 Å². The Kier molecular flexibility index (Phi) is 4.48. The lowest BCUT2D eigenvalue weighted by molar-refractivity contribution is 0.467. The number of anilines is 2. The molecule has 116 valence electrons. The van der Waals surface area contributed by atoms with Crippen molar-refractivity contribution in [2.75, 3.05) is 22.9 Å². The molecule has 0 unspecified atom stereocenters. The van der Waals surface area contributed by atoms with Gasteiger partial charge in [-0.3, -0.25) is 0 Å². The molecule has 2 saturated heterocycles. The van der Waals surface area contributed by atoms with Crippen molar-refractivity contribution in [3.63, 3.8) is 0 Å². The van der Waals surface area contributed by atoms with Crippen LogP contribution < -0.4 is 9.80 Å². The Hall–Kier alpha value is -1.10. The number of aromatic nitrogens is 3. The lowest BCUT2D eigenvalue weighted by Gasteiger charge is -2.36. The first-order valence-corrected chi connectivity index (χ1v) is 8.48. The Bertz CT molecular complexity index is 455. The Morgan fingerprint density at radius 3 is 1.71 bits per heavy atom. The van der Waals surface area contributed by atoms with E-state index in [4.69, 9.17) is 16.6 Å². The summed E-state index contributed by atoms with van der Waals surface area (Å²) in [5, 5.41) is 0.311. The third kappa shape index (κ3) is 3.23. The van der Waals surface area contributed by atoms with Crippen LogP contribution in [0.1, 0.15) is 52.4 Å². The zero-order valence-electron chi connectivity index (χ0n) is 12.9. The van der Waals surface area contributed by atoms with Gasteiger partial charge in [-0.05, 0) is 64.0 Å². The van der Waals surface area contributed by atoms with E-state index in [1.807, 2.05) is 0 Å². The summed E-state index contributed by atoms with van der Waals surface area (Å²) in [5.74, 6) is 1.49. The van der Waals surface area contributed by atoms with Crippen LogP contribution in [-0.2, 0) is 0 Å². The Balaban J connectivity index is 1.88. The fraction of sp³-hybridized carbons (Fsp3) is 0.800. The van der Waals surface area contributed by atoms with Crippen molar-refractivity contribution in [1.82, 2.24) is 15.0 Å². The maximum absolute atomic E-state index is 6.17. The van der Waals surface area contributed by atoms with Crippen LogP contribution in [0.5, 0.6) is 0 Å². The van der Waals surface area contributed by atoms with Gasteiger partial charge in [0.05, 0.1) is 0 Å². The van der Waals surface area contributed by atoms with Gasteiger partial charge in [0, 0.05) is 25.2 Å². The first-order chi connectivity index (χ1) is 10.1. The fourth-order valence-corrected chi connectivity index (χ4v) is 3.53. The number of piperidine rings is 2. The van der Waals surface area contributed by atoms with Crippen LogP contribution in [0, 0.1) is 0 Å². The van der Waals surface area contributed by atoms with E-state index in [9.17, 15) is 0 Å². The van der Waals surface area contributed by atoms with Crippen molar-refractivity contribution in [3.8, 4) is 0 Å². The van der Waals surface area contributed by atoms with E-state index >= 15 is 0 Å². The summed E-state index contributed by atoms with van der Waals surface area (Å²) in [6, 6.07) is 0.952. The van der Waals surface area contributed by atoms with Gasteiger partial charge in [-0.25, -0.2) is 0 Å². The van der Waals surface area contributed by atoms with Gasteiger partial charge in [-0.1, -0.05) is 0 Å². The summed E-state index contributed by atoms with van der Waals surface area (Å²) in [5.41, 5.74) is 0. The summed E-state index contributed by atoms with van der Waals surface area (Å²) >= 11 is 6.17. The molecule has 2 aliphatic rings. The van der Waals surface area contributed by atoms with E-state index < -0.39 is 0 Å². The Morgan fingerprint density at radius 2 is 1.29 bits per heavy atom. The molecule has 21 heavy (non-hydrogen) atoms. The third-order valence-electron chi connectivity index (χ3n) is 4.70. The number of hydrogen-bond donors (Lipinski definition) is 0. The molecule has 2 atom stereocenters. The normalized spacial score (nSPS) is 27.0. The molecule has 2 fully saturated rings. The zero-order valence-corrected chi connectivity index (χ0v) is 13.7. The van der Waals surface area contributed by atoms with E-state index in [-0.39, 0.29) is 0 Å². The highest BCUT2D eigenvalue weighted by atomic mass is 35.5. The smallest absolute Gasteiger partial charge is 0.231 e. The Labute approximate surface area is 131 Å². The lowest BCUT2D eigenvalue weighted by Crippen LogP contribution is -2.41. The summed E-state index contributed by atoms with van der Waals surface area (Å²) in [6.45, 7) is 6.49. The van der Waals surface area contributed by atoms with Crippen LogP contribution >= 0.6 is 11.6 Å². The predicted octanol–water partition coefficient (Wildman–Crippen LogP) is 3.28. The zero-order chi connectivity index (χ0) is 14.8. The van der Waals surface area contributed by atoms with Crippen LogP contribution in [0.3, 0.4) is 0 Å². The Morgan fingerprint density at radius 1 is 0.810 bits per heavy atom. The van der Waals surface area contributed by atoms with Gasteiger partial charge < -0.3 is 9.80 Å². The molecule has 1 aromatic rings. The van der Waals surface area contributed by atoms with Crippen LogP contribution in [0.15, 0.2) is 0 Å². The molecule has 3 rings (SSSR count). The molecule has 5 nitrogen and oxygen atoms in total. The second kappa shape index (κ2) is 6.34. The molecule has 0 aromatic carbocycles. The molecule has 0 N–H and O–H groups in total. The summed E-state index contributed by atoms with van der Waals surface area (Å²) in [7, 11) is 0. The van der Waals surface area contributed by atoms with Crippen molar-refractivity contribution in [3.05, 3.63) is 5.28 Å². The number of hydrogen-bond acceptors (Lipinski definition) is 5. The predicted molar refractivity (Wildman–Crippen MR) is 86.2 cm³/mol. The number of rotatable bonds is 2. The molecular weight excluding hydrogens is 286 g/mol. The van der Waals surface area contributed by atoms with Crippen LogP contribution in [0.4, 0.5) is 11.9 Å². The maximum Gasteiger partial charge on any atom is 0.231 e. The molecule has 0 saturated carbocycles. The molecule has 2 aliphatic heterocycles. The molecule has 0 radical (unpaired) electrons. The maximum atomic E-state index is 6.17. The van der Waals surface area contributed by atoms with Crippen LogP contribution in [-0.4, -0.2) is 40.1 Å². The van der Waals surface area contributed by atoms with Gasteiger partial charge in [-0.2, -0.15) is 15.0 Å². The van der Waals surface area contributed by atoms with Gasteiger partial charge in [-0.15, -0.1) is 0 Å². The molecule has 1 aromatic heterocycles. The lowest BCUT2D eigenvalue weighted by atomic mass is 10.0. The largest absolute Gasteiger partial charge is 0.338 e. The highest BCUT2D eigenvalue weighted by Gasteiger charge is 2.25. The standard InChI is InChI=1S/C15H24ClN5/c1-11-7-3-5-9-20(11)14-17-13(16)18-15(19-14)21-10-6-4-8-12(21)2/h11-12H,3-10H2,1-2H3/t11-,12-/m1/s1. The molecule has 0 spiro atoms. The van der Waals surface area contributed by atoms with Crippen LogP contribution in [0.2, 0.25) is 5.28 Å². The molecular formula is C15H24ClN5. The third-order valence-corrected chi connectivity index (χ3v) is 4.87. The summed E-state index contributed by atoms with van der Waals surface area (Å²) < 4.78 is 0. The van der Waals surface area contributed by atoms with Crippen molar-refractivity contribution < 1.29 is 0 Å². The van der Waals surface area contributed by atoms with Gasteiger partial charge in [0.15, 0.2) is 0 Å². The van der Waals surface area contributed by atoms with E-state index in [0.29, 0.717) is 17.4 Å². The summed E-state index contributed by atoms with van der Waals surface area (Å²) in [4.78, 5) is 18.0. The van der Waals surface area contributed by atoms with Crippen molar-refractivity contribution in [1.29, 1.82) is 0 Å². The van der Waals surface area contributed by atoms with E-state index in [2.05, 4.69) is 33.6 Å². The highest BCUT2D eigenvalue weighted by Crippen LogP contribution is 2.26. The molecule has 0 bridgehead atoms. The number of nitrogens with zero attached hydrogens (tertiary/aromatic N) is 5. The minimum Gasteiger partial charge on any atom is -0.338 e. The van der Waals surface area contributed by atoms with E-state index in [1.165, 1.54) is 38.5 Å². The first-order valence-electron chi connectivity index (χ1n) is 8.10. The minimum absolute atomic E-state index is 0.311. The average molecular weight is 310 g/mol. The van der Waals surface area contributed by atoms with E-state index in [0.717, 1.165) is 25.0 Å². The summed E-state index contributed by atoms with van der Waals surface area (Å²) in [6.07, 6.45) is 7.35. The first kappa shape index (κ1) is 14.8. The molecule has 6 heteroatoms. The average Bonchev–Trinajstić information content (AvgIpc) is 2.47. The molecule has 3 heterocycles. The monoisotopic (exact) mass is 309 g/mol. The highest BCUT2D eigenvalue weighted by molar-refractivity contribution is 6.28. The van der Waals surface area contributed by atoms with Crippen molar-refractivity contribution in [2.45, 2.75) is 64.5 Å². The molecule has 0 aliphatic carbocycles. The second-order valence-electron chi connectivity index (χ2n) is 6.28. The number of halogens is 1. The van der Waals surface area contributed by atoms with Gasteiger partial charge in [0.1, 0.15) is 0 Å². The van der Waals surface area contributed by atoms with Crippen molar-refractivity contribution in [2.24, 2.45) is 0 Å². The topological polar surface area (TPSA) is 45.2 Å². The van der Waals surface area contributed by atoms with Gasteiger partial charge in [0.2, 0.25) is 17.2 Å². The van der Waals surface area contributed by atoms with Gasteiger partial charge in [0.25, 0.3) is 0 Å². The SMILES string of the molecule is C[C@@H]1CCCCN1c1nc(Cl)nc(N2CCCC[C@H]2C)n1. The quantitative estimate of drug-likeness (QED) is 0.839. The van der Waals surface area contributed by atoms with E-state index in [1.54, 1.807) is 0 Å².